The number of benzene rings is 1. The number of nitrogens with zero attached hydrogens (tertiary/aromatic N) is 1. The minimum absolute atomic E-state index is 0.0130. The summed E-state index contributed by atoms with van der Waals surface area (Å²) in [6.07, 6.45) is 1.23. The van der Waals surface area contributed by atoms with Crippen LogP contribution in [0.15, 0.2) is 24.3 Å². The van der Waals surface area contributed by atoms with Crippen LogP contribution in [0.3, 0.4) is 0 Å². The Kier molecular flexibility index (Phi) is 7.25. The van der Waals surface area contributed by atoms with E-state index in [-0.39, 0.29) is 24.2 Å². The molecular formula is C19H30N3O3+. The van der Waals surface area contributed by atoms with Crippen LogP contribution >= 0.6 is 0 Å². The van der Waals surface area contributed by atoms with E-state index in [1.54, 1.807) is 12.0 Å². The number of nitrogens with one attached hydrogen (secondary N) is 2. The second-order valence-electron chi connectivity index (χ2n) is 6.46. The SMILES string of the molecule is CC[NH+](CC)CCCNC(=O)[C@H]1CC(=O)N(c2cccc(OC)c2)C1. The summed E-state index contributed by atoms with van der Waals surface area (Å²) in [6.45, 7) is 8.73. The monoisotopic (exact) mass is 348 g/mol. The number of methoxy groups -OCH3 is 1. The predicted molar refractivity (Wildman–Crippen MR) is 98.0 cm³/mol. The fourth-order valence-electron chi connectivity index (χ4n) is 3.21. The van der Waals surface area contributed by atoms with Gasteiger partial charge in [0, 0.05) is 37.7 Å². The summed E-state index contributed by atoms with van der Waals surface area (Å²) in [5, 5.41) is 2.99. The van der Waals surface area contributed by atoms with E-state index in [9.17, 15) is 9.59 Å². The number of quaternary nitrogens is 1. The van der Waals surface area contributed by atoms with Gasteiger partial charge in [-0.25, -0.2) is 0 Å². The Morgan fingerprint density at radius 1 is 1.36 bits per heavy atom. The fourth-order valence-corrected chi connectivity index (χ4v) is 3.21. The molecule has 138 valence electrons. The number of anilines is 1. The van der Waals surface area contributed by atoms with Gasteiger partial charge >= 0.3 is 0 Å². The van der Waals surface area contributed by atoms with Gasteiger partial charge in [0.15, 0.2) is 0 Å². The van der Waals surface area contributed by atoms with Crippen molar-refractivity contribution in [2.24, 2.45) is 5.92 Å². The standard InChI is InChI=1S/C19H29N3O3/c1-4-21(5-2)11-7-10-20-19(24)15-12-18(23)22(14-15)16-8-6-9-17(13-16)25-3/h6,8-9,13,15H,4-5,7,10-12,14H2,1-3H3,(H,20,24)/p+1/t15-/m0/s1. The minimum atomic E-state index is -0.278. The molecule has 0 radical (unpaired) electrons. The molecule has 1 saturated heterocycles. The van der Waals surface area contributed by atoms with Gasteiger partial charge in [0.05, 0.1) is 32.7 Å². The van der Waals surface area contributed by atoms with Gasteiger partial charge in [0.2, 0.25) is 11.8 Å². The lowest BCUT2D eigenvalue weighted by Gasteiger charge is -2.18. The number of amides is 2. The first-order valence-electron chi connectivity index (χ1n) is 9.14. The highest BCUT2D eigenvalue weighted by molar-refractivity contribution is 6.00. The van der Waals surface area contributed by atoms with Gasteiger partial charge in [-0.2, -0.15) is 0 Å². The summed E-state index contributed by atoms with van der Waals surface area (Å²) in [4.78, 5) is 27.9. The molecule has 1 heterocycles. The molecule has 1 aromatic carbocycles. The summed E-state index contributed by atoms with van der Waals surface area (Å²) in [5.41, 5.74) is 0.782. The molecule has 2 N–H and O–H groups in total. The van der Waals surface area contributed by atoms with E-state index in [1.807, 2.05) is 24.3 Å². The van der Waals surface area contributed by atoms with Crippen molar-refractivity contribution in [1.29, 1.82) is 0 Å². The third-order valence-corrected chi connectivity index (χ3v) is 4.87. The number of rotatable bonds is 9. The average molecular weight is 348 g/mol. The first-order valence-corrected chi connectivity index (χ1v) is 9.14. The van der Waals surface area contributed by atoms with Crippen molar-refractivity contribution in [2.45, 2.75) is 26.7 Å². The summed E-state index contributed by atoms with van der Waals surface area (Å²) in [7, 11) is 1.60. The van der Waals surface area contributed by atoms with Crippen LogP contribution in [0.1, 0.15) is 26.7 Å². The molecule has 1 fully saturated rings. The van der Waals surface area contributed by atoms with Crippen LogP contribution < -0.4 is 19.9 Å². The van der Waals surface area contributed by atoms with Crippen LogP contribution in [0.5, 0.6) is 5.75 Å². The lowest BCUT2D eigenvalue weighted by atomic mass is 10.1. The van der Waals surface area contributed by atoms with Crippen molar-refractivity contribution in [3.05, 3.63) is 24.3 Å². The molecule has 0 spiro atoms. The van der Waals surface area contributed by atoms with E-state index in [0.717, 1.165) is 31.7 Å². The lowest BCUT2D eigenvalue weighted by molar-refractivity contribution is -0.896. The highest BCUT2D eigenvalue weighted by Crippen LogP contribution is 2.27. The van der Waals surface area contributed by atoms with E-state index in [0.29, 0.717) is 18.8 Å². The topological polar surface area (TPSA) is 63.1 Å². The Morgan fingerprint density at radius 3 is 2.80 bits per heavy atom. The molecule has 25 heavy (non-hydrogen) atoms. The second-order valence-corrected chi connectivity index (χ2v) is 6.46. The van der Waals surface area contributed by atoms with Crippen LogP contribution in [0.4, 0.5) is 5.69 Å². The zero-order chi connectivity index (χ0) is 18.2. The maximum absolute atomic E-state index is 12.4. The van der Waals surface area contributed by atoms with Gasteiger partial charge in [-0.1, -0.05) is 6.07 Å². The summed E-state index contributed by atoms with van der Waals surface area (Å²) >= 11 is 0. The summed E-state index contributed by atoms with van der Waals surface area (Å²) in [6, 6.07) is 7.38. The number of ether oxygens (including phenoxy) is 1. The van der Waals surface area contributed by atoms with E-state index < -0.39 is 0 Å². The van der Waals surface area contributed by atoms with E-state index >= 15 is 0 Å². The maximum Gasteiger partial charge on any atom is 0.227 e. The number of carbonyl (C=O) groups excluding carboxylic acids is 2. The third-order valence-electron chi connectivity index (χ3n) is 4.87. The number of hydrogen-bond acceptors (Lipinski definition) is 3. The molecule has 0 unspecified atom stereocenters. The molecule has 0 aromatic heterocycles. The zero-order valence-corrected chi connectivity index (χ0v) is 15.5. The van der Waals surface area contributed by atoms with Crippen molar-refractivity contribution < 1.29 is 19.2 Å². The highest BCUT2D eigenvalue weighted by Gasteiger charge is 2.35. The molecule has 0 aliphatic carbocycles. The normalized spacial score (nSPS) is 17.2. The zero-order valence-electron chi connectivity index (χ0n) is 15.5. The van der Waals surface area contributed by atoms with Gasteiger partial charge in [-0.3, -0.25) is 9.59 Å². The molecule has 2 amide bonds. The number of hydrogen-bond donors (Lipinski definition) is 2. The molecule has 1 aliphatic rings. The molecule has 1 aromatic rings. The van der Waals surface area contributed by atoms with E-state index in [2.05, 4.69) is 19.2 Å². The van der Waals surface area contributed by atoms with Gasteiger partial charge in [-0.05, 0) is 26.0 Å². The fraction of sp³-hybridized carbons (Fsp3) is 0.579. The van der Waals surface area contributed by atoms with Gasteiger partial charge in [0.1, 0.15) is 5.75 Å². The van der Waals surface area contributed by atoms with Gasteiger partial charge in [0.25, 0.3) is 0 Å². The van der Waals surface area contributed by atoms with Crippen molar-refractivity contribution in [1.82, 2.24) is 5.32 Å². The van der Waals surface area contributed by atoms with Crippen LogP contribution in [0.25, 0.3) is 0 Å². The van der Waals surface area contributed by atoms with Crippen LogP contribution in [-0.2, 0) is 9.59 Å². The summed E-state index contributed by atoms with van der Waals surface area (Å²) < 4.78 is 5.21. The van der Waals surface area contributed by atoms with Crippen LogP contribution in [0.2, 0.25) is 0 Å². The largest absolute Gasteiger partial charge is 0.497 e. The molecule has 2 rings (SSSR count). The minimum Gasteiger partial charge on any atom is -0.497 e. The van der Waals surface area contributed by atoms with E-state index in [4.69, 9.17) is 4.74 Å². The first-order chi connectivity index (χ1) is 12.1. The molecule has 6 nitrogen and oxygen atoms in total. The van der Waals surface area contributed by atoms with Crippen molar-refractivity contribution >= 4 is 17.5 Å². The van der Waals surface area contributed by atoms with Gasteiger partial charge in [-0.15, -0.1) is 0 Å². The Hall–Kier alpha value is -2.08. The number of carbonyl (C=O) groups is 2. The molecule has 1 atom stereocenters. The Morgan fingerprint density at radius 2 is 2.12 bits per heavy atom. The highest BCUT2D eigenvalue weighted by atomic mass is 16.5. The second kappa shape index (κ2) is 9.42. The van der Waals surface area contributed by atoms with Crippen molar-refractivity contribution in [3.63, 3.8) is 0 Å². The van der Waals surface area contributed by atoms with Crippen LogP contribution in [-0.4, -0.2) is 51.6 Å². The van der Waals surface area contributed by atoms with E-state index in [1.165, 1.54) is 4.90 Å². The third kappa shape index (κ3) is 5.19. The van der Waals surface area contributed by atoms with Crippen molar-refractivity contribution in [3.8, 4) is 5.75 Å². The Bertz CT molecular complexity index is 587. The van der Waals surface area contributed by atoms with Crippen LogP contribution in [0, 0.1) is 5.92 Å². The molecule has 0 saturated carbocycles. The van der Waals surface area contributed by atoms with Gasteiger partial charge < -0.3 is 19.9 Å². The quantitative estimate of drug-likeness (QED) is 0.638. The summed E-state index contributed by atoms with van der Waals surface area (Å²) in [5.74, 6) is 0.394. The Labute approximate surface area is 150 Å². The predicted octanol–water partition coefficient (Wildman–Crippen LogP) is 0.479. The smallest absolute Gasteiger partial charge is 0.227 e. The maximum atomic E-state index is 12.4. The Balaban J connectivity index is 1.83. The molecular weight excluding hydrogens is 318 g/mol. The molecule has 1 aliphatic heterocycles. The first kappa shape index (κ1) is 19.2. The average Bonchev–Trinajstić information content (AvgIpc) is 3.03. The lowest BCUT2D eigenvalue weighted by Crippen LogP contribution is -3.11. The molecule has 6 heteroatoms. The molecule has 0 bridgehead atoms. The van der Waals surface area contributed by atoms with Crippen molar-refractivity contribution in [2.75, 3.05) is 44.7 Å².